The molecule has 1 aromatic carbocycles. The van der Waals surface area contributed by atoms with Gasteiger partial charge in [0.2, 0.25) is 5.78 Å². The normalized spacial score (nSPS) is 11.5. The highest BCUT2D eigenvalue weighted by molar-refractivity contribution is 6.14. The van der Waals surface area contributed by atoms with Crippen molar-refractivity contribution in [1.82, 2.24) is 9.72 Å². The van der Waals surface area contributed by atoms with Crippen molar-refractivity contribution < 1.29 is 9.32 Å². The van der Waals surface area contributed by atoms with E-state index < -0.39 is 0 Å². The van der Waals surface area contributed by atoms with Gasteiger partial charge in [-0.25, -0.2) is 0 Å². The van der Waals surface area contributed by atoms with Gasteiger partial charge in [0, 0.05) is 23.0 Å². The summed E-state index contributed by atoms with van der Waals surface area (Å²) >= 11 is 0. The Balaban J connectivity index is 2.04. The van der Waals surface area contributed by atoms with Gasteiger partial charge in [0.15, 0.2) is 5.82 Å². The van der Waals surface area contributed by atoms with Gasteiger partial charge >= 0.3 is 0 Å². The maximum atomic E-state index is 12.8. The molecule has 0 aliphatic carbocycles. The molecule has 136 valence electrons. The largest absolute Gasteiger partial charge is 0.360 e. The van der Waals surface area contributed by atoms with Crippen LogP contribution in [0.25, 0.3) is 11.9 Å². The van der Waals surface area contributed by atoms with E-state index in [1.807, 2.05) is 69.5 Å². The summed E-state index contributed by atoms with van der Waals surface area (Å²) in [5, 5.41) is 13.6. The van der Waals surface area contributed by atoms with Crippen LogP contribution in [0.1, 0.15) is 44.2 Å². The van der Waals surface area contributed by atoms with E-state index in [2.05, 4.69) is 11.2 Å². The summed E-state index contributed by atoms with van der Waals surface area (Å²) in [6.45, 7) is 9.59. The number of hydrogen-bond acceptors (Lipinski definition) is 4. The van der Waals surface area contributed by atoms with Gasteiger partial charge in [-0.15, -0.1) is 0 Å². The van der Waals surface area contributed by atoms with Crippen LogP contribution in [0.5, 0.6) is 0 Å². The minimum absolute atomic E-state index is 0.108. The van der Waals surface area contributed by atoms with E-state index in [4.69, 9.17) is 4.52 Å². The fraction of sp³-hybridized carbons (Fsp3) is 0.227. The zero-order valence-corrected chi connectivity index (χ0v) is 16.1. The Hall–Kier alpha value is -3.39. The first-order chi connectivity index (χ1) is 12.8. The summed E-state index contributed by atoms with van der Waals surface area (Å²) in [6.07, 6.45) is 1.64. The van der Waals surface area contributed by atoms with Gasteiger partial charge in [0.25, 0.3) is 0 Å². The van der Waals surface area contributed by atoms with Crippen LogP contribution in [0.3, 0.4) is 0 Å². The molecular weight excluding hydrogens is 338 g/mol. The lowest BCUT2D eigenvalue weighted by molar-refractivity contribution is 0.104. The molecule has 0 fully saturated rings. The van der Waals surface area contributed by atoms with Crippen molar-refractivity contribution in [3.63, 3.8) is 0 Å². The Bertz CT molecular complexity index is 1090. The third-order valence-corrected chi connectivity index (χ3v) is 4.46. The van der Waals surface area contributed by atoms with Crippen LogP contribution in [0.15, 0.2) is 40.4 Å². The highest BCUT2D eigenvalue weighted by atomic mass is 16.5. The number of nitrogens with zero attached hydrogens (tertiary/aromatic N) is 3. The summed E-state index contributed by atoms with van der Waals surface area (Å²) in [4.78, 5) is 12.8. The van der Waals surface area contributed by atoms with E-state index in [1.165, 1.54) is 0 Å². The summed E-state index contributed by atoms with van der Waals surface area (Å²) in [5.74, 6) is 1.13. The van der Waals surface area contributed by atoms with Crippen LogP contribution in [0.4, 0.5) is 0 Å². The second-order valence-corrected chi connectivity index (χ2v) is 6.83. The Morgan fingerprint density at radius 2 is 1.74 bits per heavy atom. The molecule has 27 heavy (non-hydrogen) atoms. The van der Waals surface area contributed by atoms with Crippen LogP contribution in [-0.2, 0) is 0 Å². The molecule has 0 aliphatic heterocycles. The van der Waals surface area contributed by atoms with Crippen molar-refractivity contribution >= 4 is 11.9 Å². The number of aryl methyl sites for hydroxylation is 4. The topological polar surface area (TPSA) is 71.8 Å². The van der Waals surface area contributed by atoms with Crippen LogP contribution < -0.4 is 0 Å². The van der Waals surface area contributed by atoms with Gasteiger partial charge in [0.05, 0.1) is 0 Å². The molecular formula is C22H21N3O2. The zero-order chi connectivity index (χ0) is 19.7. The van der Waals surface area contributed by atoms with E-state index in [0.29, 0.717) is 11.4 Å². The second-order valence-electron chi connectivity index (χ2n) is 6.83. The molecule has 0 saturated heterocycles. The fourth-order valence-corrected chi connectivity index (χ4v) is 3.31. The maximum Gasteiger partial charge on any atom is 0.203 e. The van der Waals surface area contributed by atoms with Crippen LogP contribution >= 0.6 is 0 Å². The number of carbonyl (C=O) groups excluding carboxylic acids is 1. The average molecular weight is 359 g/mol. The second kappa shape index (κ2) is 7.08. The van der Waals surface area contributed by atoms with Gasteiger partial charge in [-0.05, 0) is 64.5 Å². The molecule has 5 nitrogen and oxygen atoms in total. The fourth-order valence-electron chi connectivity index (χ4n) is 3.31. The molecule has 0 spiro atoms. The van der Waals surface area contributed by atoms with Crippen molar-refractivity contribution in [2.75, 3.05) is 0 Å². The number of allylic oxidation sites excluding steroid dienone is 1. The maximum absolute atomic E-state index is 12.8. The Kier molecular flexibility index (Phi) is 4.83. The summed E-state index contributed by atoms with van der Waals surface area (Å²) in [6, 6.07) is 11.5. The lowest BCUT2D eigenvalue weighted by Gasteiger charge is -2.05. The van der Waals surface area contributed by atoms with Gasteiger partial charge in [-0.3, -0.25) is 9.36 Å². The summed E-state index contributed by atoms with van der Waals surface area (Å²) < 4.78 is 7.11. The first-order valence-corrected chi connectivity index (χ1v) is 8.67. The smallest absolute Gasteiger partial charge is 0.203 e. The predicted octanol–water partition coefficient (Wildman–Crippen LogP) is 4.80. The Morgan fingerprint density at radius 3 is 2.30 bits per heavy atom. The molecule has 3 aromatic rings. The van der Waals surface area contributed by atoms with E-state index in [-0.39, 0.29) is 11.4 Å². The van der Waals surface area contributed by atoms with Gasteiger partial charge in [-0.2, -0.15) is 5.26 Å². The molecule has 2 aromatic heterocycles. The van der Waals surface area contributed by atoms with Crippen LogP contribution in [0.2, 0.25) is 0 Å². The molecule has 0 saturated carbocycles. The third-order valence-electron chi connectivity index (χ3n) is 4.46. The quantitative estimate of drug-likeness (QED) is 0.381. The number of aromatic nitrogens is 2. The molecule has 0 N–H and O–H groups in total. The molecule has 0 amide bonds. The van der Waals surface area contributed by atoms with Crippen molar-refractivity contribution in [3.8, 4) is 11.9 Å². The highest BCUT2D eigenvalue weighted by Gasteiger charge is 2.17. The Morgan fingerprint density at radius 1 is 1.07 bits per heavy atom. The minimum Gasteiger partial charge on any atom is -0.360 e. The number of carbonyl (C=O) groups is 1. The molecule has 0 radical (unpaired) electrons. The number of benzene rings is 1. The van der Waals surface area contributed by atoms with Gasteiger partial charge in [-0.1, -0.05) is 22.3 Å². The molecule has 0 unspecified atom stereocenters. The number of nitriles is 1. The number of Topliss-reactive ketones (excluding diaryl/α,β-unsaturated/α-hetero) is 1. The van der Waals surface area contributed by atoms with E-state index >= 15 is 0 Å². The van der Waals surface area contributed by atoms with E-state index in [9.17, 15) is 10.1 Å². The molecule has 5 heteroatoms. The lowest BCUT2D eigenvalue weighted by atomic mass is 9.98. The number of ketones is 1. The van der Waals surface area contributed by atoms with Gasteiger partial charge < -0.3 is 4.52 Å². The average Bonchev–Trinajstić information content (AvgIpc) is 3.14. The molecule has 2 heterocycles. The first-order valence-electron chi connectivity index (χ1n) is 8.67. The molecule has 3 rings (SSSR count). The zero-order valence-electron chi connectivity index (χ0n) is 16.1. The number of hydrogen-bond donors (Lipinski definition) is 0. The third kappa shape index (κ3) is 3.61. The van der Waals surface area contributed by atoms with Crippen LogP contribution in [-0.4, -0.2) is 15.5 Å². The SMILES string of the molecule is Cc1cc(C)cc(C(=O)/C(C#N)=C\c2cc(C)n(-c3cc(C)on3)c2C)c1. The molecule has 0 aliphatic rings. The summed E-state index contributed by atoms with van der Waals surface area (Å²) in [5.41, 5.74) is 5.27. The highest BCUT2D eigenvalue weighted by Crippen LogP contribution is 2.24. The first kappa shape index (κ1) is 18.4. The lowest BCUT2D eigenvalue weighted by Crippen LogP contribution is -2.03. The van der Waals surface area contributed by atoms with Gasteiger partial charge in [0.1, 0.15) is 17.4 Å². The van der Waals surface area contributed by atoms with Crippen LogP contribution in [0, 0.1) is 45.9 Å². The van der Waals surface area contributed by atoms with E-state index in [0.717, 1.165) is 33.8 Å². The predicted molar refractivity (Wildman–Crippen MR) is 104 cm³/mol. The van der Waals surface area contributed by atoms with E-state index in [1.54, 1.807) is 6.08 Å². The standard InChI is InChI=1S/C22H21N3O2/c1-13-6-14(2)8-19(7-13)22(26)20(12-23)11-18-9-15(3)25(17(18)5)21-10-16(4)27-24-21/h6-11H,1-5H3/b20-11-. The summed E-state index contributed by atoms with van der Waals surface area (Å²) in [7, 11) is 0. The van der Waals surface area contributed by atoms with Crippen molar-refractivity contribution in [3.05, 3.63) is 75.3 Å². The Labute approximate surface area is 158 Å². The van der Waals surface area contributed by atoms with Crippen molar-refractivity contribution in [2.45, 2.75) is 34.6 Å². The molecule has 0 bridgehead atoms. The van der Waals surface area contributed by atoms with Crippen molar-refractivity contribution in [1.29, 1.82) is 5.26 Å². The minimum atomic E-state index is -0.272. The van der Waals surface area contributed by atoms with Crippen molar-refractivity contribution in [2.24, 2.45) is 0 Å². The molecule has 0 atom stereocenters. The number of rotatable bonds is 4. The monoisotopic (exact) mass is 359 g/mol.